The molecule has 4 nitrogen and oxygen atoms in total. The highest BCUT2D eigenvalue weighted by Crippen LogP contribution is 2.13. The summed E-state index contributed by atoms with van der Waals surface area (Å²) < 4.78 is 5.34. The quantitative estimate of drug-likeness (QED) is 0.809. The third-order valence-corrected chi connectivity index (χ3v) is 1.89. The zero-order chi connectivity index (χ0) is 12.2. The van der Waals surface area contributed by atoms with Crippen molar-refractivity contribution in [1.29, 1.82) is 0 Å². The molecule has 0 radical (unpaired) electrons. The van der Waals surface area contributed by atoms with Crippen LogP contribution in [0.2, 0.25) is 0 Å². The standard InChI is InChI=1S/C12H23N3O/c1-9(2)6-13-7-10-8-16-11(14-10)15-12(3,4)5/h8-9,13H,6-7H2,1-5H3,(H,14,15). The van der Waals surface area contributed by atoms with Gasteiger partial charge in [-0.25, -0.2) is 0 Å². The molecule has 0 bridgehead atoms. The first kappa shape index (κ1) is 13.0. The molecule has 0 saturated carbocycles. The highest BCUT2D eigenvalue weighted by Gasteiger charge is 2.13. The second kappa shape index (κ2) is 5.34. The Kier molecular flexibility index (Phi) is 4.35. The van der Waals surface area contributed by atoms with Crippen molar-refractivity contribution in [2.45, 2.75) is 46.7 Å². The van der Waals surface area contributed by atoms with Crippen LogP contribution in [0.3, 0.4) is 0 Å². The van der Waals surface area contributed by atoms with Crippen molar-refractivity contribution < 1.29 is 4.42 Å². The maximum absolute atomic E-state index is 5.34. The number of hydrogen-bond acceptors (Lipinski definition) is 4. The van der Waals surface area contributed by atoms with Crippen LogP contribution < -0.4 is 10.6 Å². The van der Waals surface area contributed by atoms with Gasteiger partial charge >= 0.3 is 0 Å². The van der Waals surface area contributed by atoms with Gasteiger partial charge < -0.3 is 15.1 Å². The average molecular weight is 225 g/mol. The minimum atomic E-state index is -0.0204. The van der Waals surface area contributed by atoms with Crippen molar-refractivity contribution >= 4 is 6.01 Å². The Morgan fingerprint density at radius 3 is 2.62 bits per heavy atom. The monoisotopic (exact) mass is 225 g/mol. The van der Waals surface area contributed by atoms with Crippen LogP contribution in [0.25, 0.3) is 0 Å². The molecular weight excluding hydrogens is 202 g/mol. The second-order valence-corrected chi connectivity index (χ2v) is 5.54. The summed E-state index contributed by atoms with van der Waals surface area (Å²) in [6, 6.07) is 0.592. The molecule has 16 heavy (non-hydrogen) atoms. The number of oxazole rings is 1. The van der Waals surface area contributed by atoms with E-state index in [4.69, 9.17) is 4.42 Å². The van der Waals surface area contributed by atoms with Gasteiger partial charge in [-0.1, -0.05) is 13.8 Å². The molecule has 0 amide bonds. The number of nitrogens with zero attached hydrogens (tertiary/aromatic N) is 1. The molecule has 0 spiro atoms. The molecule has 4 heteroatoms. The first-order chi connectivity index (χ1) is 7.37. The van der Waals surface area contributed by atoms with Crippen LogP contribution in [-0.4, -0.2) is 17.1 Å². The fourth-order valence-corrected chi connectivity index (χ4v) is 1.26. The lowest BCUT2D eigenvalue weighted by Crippen LogP contribution is -2.26. The Balaban J connectivity index is 2.40. The van der Waals surface area contributed by atoms with E-state index in [0.29, 0.717) is 11.9 Å². The Morgan fingerprint density at radius 2 is 2.06 bits per heavy atom. The minimum Gasteiger partial charge on any atom is -0.432 e. The van der Waals surface area contributed by atoms with Gasteiger partial charge in [0.05, 0.1) is 5.69 Å². The zero-order valence-corrected chi connectivity index (χ0v) is 10.9. The summed E-state index contributed by atoms with van der Waals surface area (Å²) in [4.78, 5) is 4.35. The smallest absolute Gasteiger partial charge is 0.295 e. The summed E-state index contributed by atoms with van der Waals surface area (Å²) in [6.07, 6.45) is 1.70. The third-order valence-electron chi connectivity index (χ3n) is 1.89. The fraction of sp³-hybridized carbons (Fsp3) is 0.750. The van der Waals surface area contributed by atoms with E-state index in [2.05, 4.69) is 50.2 Å². The molecular formula is C12H23N3O. The van der Waals surface area contributed by atoms with Crippen molar-refractivity contribution in [3.63, 3.8) is 0 Å². The van der Waals surface area contributed by atoms with Crippen LogP contribution in [-0.2, 0) is 6.54 Å². The number of hydrogen-bond donors (Lipinski definition) is 2. The number of anilines is 1. The molecule has 1 aromatic rings. The van der Waals surface area contributed by atoms with Crippen LogP contribution in [0, 0.1) is 5.92 Å². The molecule has 0 saturated heterocycles. The van der Waals surface area contributed by atoms with Gasteiger partial charge in [0.15, 0.2) is 0 Å². The maximum Gasteiger partial charge on any atom is 0.295 e. The summed E-state index contributed by atoms with van der Waals surface area (Å²) in [5.41, 5.74) is 0.917. The van der Waals surface area contributed by atoms with E-state index in [9.17, 15) is 0 Å². The molecule has 0 fully saturated rings. The maximum atomic E-state index is 5.34. The molecule has 0 unspecified atom stereocenters. The lowest BCUT2D eigenvalue weighted by Gasteiger charge is -2.18. The predicted molar refractivity (Wildman–Crippen MR) is 66.4 cm³/mol. The Morgan fingerprint density at radius 1 is 1.38 bits per heavy atom. The van der Waals surface area contributed by atoms with Gasteiger partial charge in [0, 0.05) is 12.1 Å². The fourth-order valence-electron chi connectivity index (χ4n) is 1.26. The molecule has 92 valence electrons. The largest absolute Gasteiger partial charge is 0.432 e. The predicted octanol–water partition coefficient (Wildman–Crippen LogP) is 2.63. The molecule has 0 atom stereocenters. The summed E-state index contributed by atoms with van der Waals surface area (Å²) in [6.45, 7) is 12.4. The van der Waals surface area contributed by atoms with Gasteiger partial charge in [-0.15, -0.1) is 0 Å². The molecule has 1 aromatic heterocycles. The lowest BCUT2D eigenvalue weighted by atomic mass is 10.1. The van der Waals surface area contributed by atoms with E-state index < -0.39 is 0 Å². The Labute approximate surface area is 97.8 Å². The van der Waals surface area contributed by atoms with E-state index in [0.717, 1.165) is 18.8 Å². The Bertz CT molecular complexity index is 312. The molecule has 1 heterocycles. The summed E-state index contributed by atoms with van der Waals surface area (Å²) in [5, 5.41) is 6.52. The number of rotatable bonds is 5. The van der Waals surface area contributed by atoms with Gasteiger partial charge in [-0.05, 0) is 33.2 Å². The van der Waals surface area contributed by atoms with Crippen molar-refractivity contribution in [2.24, 2.45) is 5.92 Å². The number of aromatic nitrogens is 1. The molecule has 0 aromatic carbocycles. The van der Waals surface area contributed by atoms with Crippen molar-refractivity contribution in [3.05, 3.63) is 12.0 Å². The topological polar surface area (TPSA) is 50.1 Å². The van der Waals surface area contributed by atoms with Gasteiger partial charge in [0.25, 0.3) is 6.01 Å². The SMILES string of the molecule is CC(C)CNCc1coc(NC(C)(C)C)n1. The van der Waals surface area contributed by atoms with Crippen LogP contribution in [0.4, 0.5) is 6.01 Å². The first-order valence-corrected chi connectivity index (χ1v) is 5.80. The Hall–Kier alpha value is -1.03. The average Bonchev–Trinajstić information content (AvgIpc) is 2.48. The van der Waals surface area contributed by atoms with Gasteiger partial charge in [0.1, 0.15) is 6.26 Å². The van der Waals surface area contributed by atoms with Crippen LogP contribution in [0.1, 0.15) is 40.3 Å². The van der Waals surface area contributed by atoms with Gasteiger partial charge in [0.2, 0.25) is 0 Å². The third kappa shape index (κ3) is 5.16. The lowest BCUT2D eigenvalue weighted by molar-refractivity contribution is 0.526. The van der Waals surface area contributed by atoms with Gasteiger partial charge in [-0.3, -0.25) is 0 Å². The summed E-state index contributed by atoms with van der Waals surface area (Å²) in [7, 11) is 0. The molecule has 0 aliphatic carbocycles. The van der Waals surface area contributed by atoms with Crippen LogP contribution in [0.15, 0.2) is 10.7 Å². The van der Waals surface area contributed by atoms with E-state index in [1.54, 1.807) is 6.26 Å². The van der Waals surface area contributed by atoms with E-state index >= 15 is 0 Å². The molecule has 0 aliphatic heterocycles. The summed E-state index contributed by atoms with van der Waals surface area (Å²) >= 11 is 0. The normalized spacial score (nSPS) is 12.1. The molecule has 1 rings (SSSR count). The van der Waals surface area contributed by atoms with Crippen LogP contribution >= 0.6 is 0 Å². The minimum absolute atomic E-state index is 0.0204. The first-order valence-electron chi connectivity index (χ1n) is 5.80. The zero-order valence-electron chi connectivity index (χ0n) is 10.9. The van der Waals surface area contributed by atoms with E-state index in [1.807, 2.05) is 0 Å². The van der Waals surface area contributed by atoms with Gasteiger partial charge in [-0.2, -0.15) is 4.98 Å². The second-order valence-electron chi connectivity index (χ2n) is 5.54. The highest BCUT2D eigenvalue weighted by atomic mass is 16.4. The highest BCUT2D eigenvalue weighted by molar-refractivity contribution is 5.24. The van der Waals surface area contributed by atoms with E-state index in [-0.39, 0.29) is 5.54 Å². The molecule has 2 N–H and O–H groups in total. The van der Waals surface area contributed by atoms with Crippen LogP contribution in [0.5, 0.6) is 0 Å². The van der Waals surface area contributed by atoms with E-state index in [1.165, 1.54) is 0 Å². The van der Waals surface area contributed by atoms with Crippen molar-refractivity contribution in [1.82, 2.24) is 10.3 Å². The van der Waals surface area contributed by atoms with Crippen molar-refractivity contribution in [2.75, 3.05) is 11.9 Å². The molecule has 0 aliphatic rings. The number of nitrogens with one attached hydrogen (secondary N) is 2. The van der Waals surface area contributed by atoms with Crippen molar-refractivity contribution in [3.8, 4) is 0 Å². The summed E-state index contributed by atoms with van der Waals surface area (Å²) in [5.74, 6) is 0.652.